The molecule has 0 spiro atoms. The van der Waals surface area contributed by atoms with Gasteiger partial charge in [-0.3, -0.25) is 0 Å². The van der Waals surface area contributed by atoms with Crippen molar-refractivity contribution in [2.45, 2.75) is 44.6 Å². The Morgan fingerprint density at radius 2 is 2.06 bits per heavy atom. The van der Waals surface area contributed by atoms with Crippen molar-refractivity contribution in [3.8, 4) is 0 Å². The van der Waals surface area contributed by atoms with Crippen LogP contribution in [-0.4, -0.2) is 11.8 Å². The SMILES string of the molecule is CCC(N)Cc1ccc(Cl)cc1SCC(C)C. The Labute approximate surface area is 114 Å². The van der Waals surface area contributed by atoms with E-state index in [0.29, 0.717) is 5.92 Å². The average molecular weight is 272 g/mol. The molecule has 1 nitrogen and oxygen atoms in total. The van der Waals surface area contributed by atoms with Crippen molar-refractivity contribution >= 4 is 23.4 Å². The van der Waals surface area contributed by atoms with E-state index in [9.17, 15) is 0 Å². The fraction of sp³-hybridized carbons (Fsp3) is 0.571. The fourth-order valence-corrected chi connectivity index (χ4v) is 2.81. The van der Waals surface area contributed by atoms with Crippen LogP contribution in [0.1, 0.15) is 32.8 Å². The number of hydrogen-bond donors (Lipinski definition) is 1. The Bertz CT molecular complexity index is 352. The predicted molar refractivity (Wildman–Crippen MR) is 79.0 cm³/mol. The molecule has 1 aromatic rings. The van der Waals surface area contributed by atoms with Crippen molar-refractivity contribution in [1.82, 2.24) is 0 Å². The van der Waals surface area contributed by atoms with Crippen LogP contribution in [0.5, 0.6) is 0 Å². The second-order valence-electron chi connectivity index (χ2n) is 4.83. The number of halogens is 1. The van der Waals surface area contributed by atoms with Gasteiger partial charge in [0.1, 0.15) is 0 Å². The summed E-state index contributed by atoms with van der Waals surface area (Å²) in [6.07, 6.45) is 1.95. The van der Waals surface area contributed by atoms with Gasteiger partial charge in [0.05, 0.1) is 0 Å². The zero-order valence-electron chi connectivity index (χ0n) is 10.9. The lowest BCUT2D eigenvalue weighted by molar-refractivity contribution is 0.641. The van der Waals surface area contributed by atoms with E-state index < -0.39 is 0 Å². The van der Waals surface area contributed by atoms with Gasteiger partial charge >= 0.3 is 0 Å². The molecule has 0 aliphatic heterocycles. The molecular formula is C14H22ClNS. The molecule has 0 radical (unpaired) electrons. The maximum Gasteiger partial charge on any atom is 0.0417 e. The third kappa shape index (κ3) is 5.33. The molecule has 0 aliphatic carbocycles. The van der Waals surface area contributed by atoms with Crippen LogP contribution in [0, 0.1) is 5.92 Å². The molecule has 1 atom stereocenters. The zero-order valence-corrected chi connectivity index (χ0v) is 12.4. The minimum atomic E-state index is 0.245. The molecule has 0 fully saturated rings. The number of rotatable bonds is 6. The molecule has 0 heterocycles. The van der Waals surface area contributed by atoms with E-state index in [1.807, 2.05) is 17.8 Å². The molecule has 96 valence electrons. The van der Waals surface area contributed by atoms with Crippen molar-refractivity contribution in [2.24, 2.45) is 11.7 Å². The van der Waals surface area contributed by atoms with Gasteiger partial charge in [0, 0.05) is 21.7 Å². The van der Waals surface area contributed by atoms with Crippen LogP contribution in [0.2, 0.25) is 5.02 Å². The Morgan fingerprint density at radius 3 is 2.65 bits per heavy atom. The third-order valence-corrected chi connectivity index (χ3v) is 4.37. The summed E-state index contributed by atoms with van der Waals surface area (Å²) in [6, 6.07) is 6.38. The summed E-state index contributed by atoms with van der Waals surface area (Å²) in [4.78, 5) is 1.29. The summed E-state index contributed by atoms with van der Waals surface area (Å²) >= 11 is 7.94. The molecule has 0 bridgehead atoms. The van der Waals surface area contributed by atoms with Crippen molar-refractivity contribution in [3.05, 3.63) is 28.8 Å². The monoisotopic (exact) mass is 271 g/mol. The van der Waals surface area contributed by atoms with Gasteiger partial charge in [-0.1, -0.05) is 38.4 Å². The lowest BCUT2D eigenvalue weighted by atomic mass is 10.1. The van der Waals surface area contributed by atoms with Gasteiger partial charge in [0.2, 0.25) is 0 Å². The largest absolute Gasteiger partial charge is 0.327 e. The first kappa shape index (κ1) is 14.9. The van der Waals surface area contributed by atoms with Gasteiger partial charge in [-0.25, -0.2) is 0 Å². The average Bonchev–Trinajstić information content (AvgIpc) is 2.29. The smallest absolute Gasteiger partial charge is 0.0417 e. The first-order valence-corrected chi connectivity index (χ1v) is 7.56. The minimum absolute atomic E-state index is 0.245. The first-order chi connectivity index (χ1) is 8.02. The third-order valence-electron chi connectivity index (χ3n) is 2.61. The van der Waals surface area contributed by atoms with Gasteiger partial charge < -0.3 is 5.73 Å². The highest BCUT2D eigenvalue weighted by molar-refractivity contribution is 7.99. The van der Waals surface area contributed by atoms with Crippen LogP contribution in [0.3, 0.4) is 0 Å². The lowest BCUT2D eigenvalue weighted by Crippen LogP contribution is -2.21. The molecular weight excluding hydrogens is 250 g/mol. The highest BCUT2D eigenvalue weighted by atomic mass is 35.5. The van der Waals surface area contributed by atoms with E-state index in [-0.39, 0.29) is 6.04 Å². The summed E-state index contributed by atoms with van der Waals surface area (Å²) in [5.41, 5.74) is 7.35. The van der Waals surface area contributed by atoms with Gasteiger partial charge in [-0.15, -0.1) is 11.8 Å². The number of nitrogens with two attached hydrogens (primary N) is 1. The van der Waals surface area contributed by atoms with E-state index in [0.717, 1.165) is 23.6 Å². The van der Waals surface area contributed by atoms with Crippen LogP contribution >= 0.6 is 23.4 Å². The van der Waals surface area contributed by atoms with Crippen LogP contribution in [0.25, 0.3) is 0 Å². The van der Waals surface area contributed by atoms with Gasteiger partial charge in [0.25, 0.3) is 0 Å². The predicted octanol–water partition coefficient (Wildman–Crippen LogP) is 4.37. The Morgan fingerprint density at radius 1 is 1.35 bits per heavy atom. The molecule has 0 aromatic heterocycles. The summed E-state index contributed by atoms with van der Waals surface area (Å²) in [5, 5.41) is 0.810. The van der Waals surface area contributed by atoms with Crippen molar-refractivity contribution < 1.29 is 0 Å². The topological polar surface area (TPSA) is 26.0 Å². The maximum absolute atomic E-state index is 6.06. The fourth-order valence-electron chi connectivity index (χ4n) is 1.51. The second kappa shape index (κ2) is 7.30. The van der Waals surface area contributed by atoms with E-state index in [1.165, 1.54) is 10.5 Å². The Balaban J connectivity index is 2.79. The van der Waals surface area contributed by atoms with E-state index in [2.05, 4.69) is 32.9 Å². The van der Waals surface area contributed by atoms with Crippen molar-refractivity contribution in [3.63, 3.8) is 0 Å². The molecule has 0 amide bonds. The van der Waals surface area contributed by atoms with Crippen molar-refractivity contribution in [1.29, 1.82) is 0 Å². The van der Waals surface area contributed by atoms with Crippen LogP contribution in [0.4, 0.5) is 0 Å². The molecule has 1 rings (SSSR count). The maximum atomic E-state index is 6.06. The Hall–Kier alpha value is -0.180. The molecule has 0 saturated carbocycles. The van der Waals surface area contributed by atoms with Crippen LogP contribution in [-0.2, 0) is 6.42 Å². The summed E-state index contributed by atoms with van der Waals surface area (Å²) in [5.74, 6) is 1.81. The van der Waals surface area contributed by atoms with Gasteiger partial charge in [-0.05, 0) is 36.5 Å². The number of thioether (sulfide) groups is 1. The molecule has 0 saturated heterocycles. The summed E-state index contributed by atoms with van der Waals surface area (Å²) in [7, 11) is 0. The van der Waals surface area contributed by atoms with Crippen molar-refractivity contribution in [2.75, 3.05) is 5.75 Å². The molecule has 1 aromatic carbocycles. The summed E-state index contributed by atoms with van der Waals surface area (Å²) < 4.78 is 0. The summed E-state index contributed by atoms with van der Waals surface area (Å²) in [6.45, 7) is 6.59. The standard InChI is InChI=1S/C14H22ClNS/c1-4-13(16)7-11-5-6-12(15)8-14(11)17-9-10(2)3/h5-6,8,10,13H,4,7,9,16H2,1-3H3. The Kier molecular flexibility index (Phi) is 6.39. The van der Waals surface area contributed by atoms with E-state index in [1.54, 1.807) is 0 Å². The van der Waals surface area contributed by atoms with Gasteiger partial charge in [0.15, 0.2) is 0 Å². The molecule has 3 heteroatoms. The second-order valence-corrected chi connectivity index (χ2v) is 6.33. The highest BCUT2D eigenvalue weighted by Crippen LogP contribution is 2.28. The van der Waals surface area contributed by atoms with E-state index >= 15 is 0 Å². The van der Waals surface area contributed by atoms with Crippen LogP contribution in [0.15, 0.2) is 23.1 Å². The quantitative estimate of drug-likeness (QED) is 0.778. The molecule has 0 aliphatic rings. The number of benzene rings is 1. The lowest BCUT2D eigenvalue weighted by Gasteiger charge is -2.14. The first-order valence-electron chi connectivity index (χ1n) is 6.19. The molecule has 2 N–H and O–H groups in total. The number of hydrogen-bond acceptors (Lipinski definition) is 2. The zero-order chi connectivity index (χ0) is 12.8. The van der Waals surface area contributed by atoms with Crippen LogP contribution < -0.4 is 5.73 Å². The molecule has 17 heavy (non-hydrogen) atoms. The van der Waals surface area contributed by atoms with Gasteiger partial charge in [-0.2, -0.15) is 0 Å². The normalized spacial score (nSPS) is 13.1. The van der Waals surface area contributed by atoms with E-state index in [4.69, 9.17) is 17.3 Å². The highest BCUT2D eigenvalue weighted by Gasteiger charge is 2.08. The molecule has 1 unspecified atom stereocenters. The minimum Gasteiger partial charge on any atom is -0.327 e.